The van der Waals surface area contributed by atoms with Gasteiger partial charge in [0.15, 0.2) is 5.78 Å². The predicted octanol–water partition coefficient (Wildman–Crippen LogP) is 4.64. The van der Waals surface area contributed by atoms with Crippen LogP contribution < -0.4 is 10.6 Å². The largest absolute Gasteiger partial charge is 0.360 e. The van der Waals surface area contributed by atoms with Gasteiger partial charge in [-0.3, -0.25) is 9.59 Å². The Morgan fingerprint density at radius 1 is 1.07 bits per heavy atom. The van der Waals surface area contributed by atoms with Crippen LogP contribution >= 0.6 is 0 Å². The molecule has 0 aliphatic carbocycles. The van der Waals surface area contributed by atoms with E-state index in [1.165, 1.54) is 13.1 Å². The van der Waals surface area contributed by atoms with Crippen LogP contribution in [-0.4, -0.2) is 11.7 Å². The van der Waals surface area contributed by atoms with Gasteiger partial charge < -0.3 is 10.6 Å². The van der Waals surface area contributed by atoms with E-state index in [4.69, 9.17) is 0 Å². The molecule has 0 heterocycles. The van der Waals surface area contributed by atoms with E-state index in [1.54, 1.807) is 24.3 Å². The normalized spacial score (nSPS) is 11.4. The van der Waals surface area contributed by atoms with Crippen molar-refractivity contribution in [3.05, 3.63) is 71.4 Å². The number of hydrogen-bond donors (Lipinski definition) is 2. The Morgan fingerprint density at radius 2 is 1.78 bits per heavy atom. The number of carbonyl (C=O) groups excluding carboxylic acids is 2. The second-order valence-electron chi connectivity index (χ2n) is 7.20. The highest BCUT2D eigenvalue weighted by Gasteiger charge is 2.17. The second-order valence-corrected chi connectivity index (χ2v) is 7.20. The lowest BCUT2D eigenvalue weighted by Gasteiger charge is -2.22. The first-order chi connectivity index (χ1) is 12.7. The number of anilines is 2. The number of para-hydroxylation sites is 1. The molecule has 1 amide bonds. The molecule has 0 spiro atoms. The van der Waals surface area contributed by atoms with Crippen molar-refractivity contribution in [2.45, 2.75) is 33.1 Å². The molecule has 5 nitrogen and oxygen atoms in total. The minimum Gasteiger partial charge on any atom is -0.360 e. The van der Waals surface area contributed by atoms with Gasteiger partial charge in [-0.2, -0.15) is 5.26 Å². The Morgan fingerprint density at radius 3 is 2.41 bits per heavy atom. The topological polar surface area (TPSA) is 82.0 Å². The minimum atomic E-state index is -0.543. The van der Waals surface area contributed by atoms with Gasteiger partial charge in [-0.1, -0.05) is 51.1 Å². The molecule has 138 valence electrons. The summed E-state index contributed by atoms with van der Waals surface area (Å²) in [6.07, 6.45) is 1.40. The van der Waals surface area contributed by atoms with Gasteiger partial charge in [0.2, 0.25) is 0 Å². The summed E-state index contributed by atoms with van der Waals surface area (Å²) >= 11 is 0. The van der Waals surface area contributed by atoms with Crippen molar-refractivity contribution in [3.8, 4) is 6.07 Å². The summed E-state index contributed by atoms with van der Waals surface area (Å²) in [5.74, 6) is -0.637. The van der Waals surface area contributed by atoms with E-state index < -0.39 is 5.91 Å². The molecular weight excluding hydrogens is 338 g/mol. The summed E-state index contributed by atoms with van der Waals surface area (Å²) in [5.41, 5.74) is 2.72. The molecule has 0 aromatic heterocycles. The quantitative estimate of drug-likeness (QED) is 0.461. The van der Waals surface area contributed by atoms with Gasteiger partial charge >= 0.3 is 0 Å². The molecule has 0 fully saturated rings. The van der Waals surface area contributed by atoms with Crippen molar-refractivity contribution in [1.29, 1.82) is 5.26 Å². The van der Waals surface area contributed by atoms with Crippen LogP contribution in [0.25, 0.3) is 0 Å². The average molecular weight is 361 g/mol. The first-order valence-corrected chi connectivity index (χ1v) is 8.61. The third kappa shape index (κ3) is 5.29. The highest BCUT2D eigenvalue weighted by Crippen LogP contribution is 2.29. The lowest BCUT2D eigenvalue weighted by atomic mass is 9.86. The molecule has 2 N–H and O–H groups in total. The molecule has 27 heavy (non-hydrogen) atoms. The van der Waals surface area contributed by atoms with Crippen LogP contribution in [0.2, 0.25) is 0 Å². The Kier molecular flexibility index (Phi) is 6.15. The van der Waals surface area contributed by atoms with Gasteiger partial charge in [0, 0.05) is 23.1 Å². The molecule has 0 unspecified atom stereocenters. The third-order valence-electron chi connectivity index (χ3n) is 4.00. The molecule has 0 aliphatic heterocycles. The number of nitriles is 1. The van der Waals surface area contributed by atoms with E-state index in [9.17, 15) is 14.9 Å². The average Bonchev–Trinajstić information content (AvgIpc) is 2.62. The van der Waals surface area contributed by atoms with E-state index in [1.807, 2.05) is 30.3 Å². The van der Waals surface area contributed by atoms with E-state index >= 15 is 0 Å². The highest BCUT2D eigenvalue weighted by molar-refractivity contribution is 6.07. The zero-order chi connectivity index (χ0) is 20.0. The van der Waals surface area contributed by atoms with Crippen molar-refractivity contribution in [2.24, 2.45) is 0 Å². The van der Waals surface area contributed by atoms with Crippen LogP contribution in [-0.2, 0) is 10.2 Å². The van der Waals surface area contributed by atoms with E-state index in [0.29, 0.717) is 11.3 Å². The van der Waals surface area contributed by atoms with Crippen molar-refractivity contribution >= 4 is 23.1 Å². The monoisotopic (exact) mass is 361 g/mol. The molecule has 0 radical (unpaired) electrons. The van der Waals surface area contributed by atoms with Crippen LogP contribution in [0.15, 0.2) is 60.3 Å². The molecule has 5 heteroatoms. The summed E-state index contributed by atoms with van der Waals surface area (Å²) in [7, 11) is 0. The van der Waals surface area contributed by atoms with Crippen molar-refractivity contribution in [1.82, 2.24) is 0 Å². The number of rotatable bonds is 5. The minimum absolute atomic E-state index is 0.0630. The van der Waals surface area contributed by atoms with Crippen LogP contribution in [0.4, 0.5) is 11.4 Å². The standard InChI is InChI=1S/C22H23N3O2/c1-15(26)16-8-7-9-18(12-16)25-21(27)17(13-23)14-24-20-11-6-5-10-19(20)22(2,3)4/h5-12,14,24H,1-4H3,(H,25,27)/b17-14-. The van der Waals surface area contributed by atoms with Crippen molar-refractivity contribution in [2.75, 3.05) is 10.6 Å². The van der Waals surface area contributed by atoms with Crippen LogP contribution in [0.1, 0.15) is 43.6 Å². The Balaban J connectivity index is 2.20. The number of nitrogens with zero attached hydrogens (tertiary/aromatic N) is 1. The molecule has 2 rings (SSSR count). The summed E-state index contributed by atoms with van der Waals surface area (Å²) < 4.78 is 0. The smallest absolute Gasteiger partial charge is 0.267 e. The Bertz CT molecular complexity index is 931. The lowest BCUT2D eigenvalue weighted by molar-refractivity contribution is -0.112. The fraction of sp³-hybridized carbons (Fsp3) is 0.227. The van der Waals surface area contributed by atoms with Crippen molar-refractivity contribution < 1.29 is 9.59 Å². The molecule has 2 aromatic carbocycles. The number of Topliss-reactive ketones (excluding diaryl/α,β-unsaturated/α-hetero) is 1. The molecule has 2 aromatic rings. The maximum absolute atomic E-state index is 12.4. The summed E-state index contributed by atoms with van der Waals surface area (Å²) in [6, 6.07) is 16.3. The van der Waals surface area contributed by atoms with E-state index in [2.05, 4.69) is 31.4 Å². The molecular formula is C22H23N3O2. The van der Waals surface area contributed by atoms with Gasteiger partial charge in [0.1, 0.15) is 11.6 Å². The fourth-order valence-electron chi connectivity index (χ4n) is 2.58. The maximum atomic E-state index is 12.4. The molecule has 0 aliphatic rings. The number of ketones is 1. The fourth-order valence-corrected chi connectivity index (χ4v) is 2.58. The summed E-state index contributed by atoms with van der Waals surface area (Å²) in [5, 5.41) is 15.1. The van der Waals surface area contributed by atoms with Crippen LogP contribution in [0.3, 0.4) is 0 Å². The van der Waals surface area contributed by atoms with Gasteiger partial charge in [-0.15, -0.1) is 0 Å². The molecule has 0 atom stereocenters. The first kappa shape index (κ1) is 19.9. The van der Waals surface area contributed by atoms with E-state index in [0.717, 1.165) is 11.3 Å². The van der Waals surface area contributed by atoms with Gasteiger partial charge in [-0.05, 0) is 36.1 Å². The van der Waals surface area contributed by atoms with Crippen LogP contribution in [0, 0.1) is 11.3 Å². The number of hydrogen-bond acceptors (Lipinski definition) is 4. The SMILES string of the molecule is CC(=O)c1cccc(NC(=O)/C(C#N)=C\Nc2ccccc2C(C)(C)C)c1. The molecule has 0 saturated heterocycles. The number of nitrogens with one attached hydrogen (secondary N) is 2. The molecule has 0 bridgehead atoms. The van der Waals surface area contributed by atoms with Crippen molar-refractivity contribution in [3.63, 3.8) is 0 Å². The van der Waals surface area contributed by atoms with E-state index in [-0.39, 0.29) is 16.8 Å². The van der Waals surface area contributed by atoms with Crippen LogP contribution in [0.5, 0.6) is 0 Å². The van der Waals surface area contributed by atoms with Gasteiger partial charge in [0.25, 0.3) is 5.91 Å². The molecule has 0 saturated carbocycles. The second kappa shape index (κ2) is 8.33. The van der Waals surface area contributed by atoms with Gasteiger partial charge in [-0.25, -0.2) is 0 Å². The zero-order valence-corrected chi connectivity index (χ0v) is 16.0. The number of carbonyl (C=O) groups is 2. The Labute approximate surface area is 159 Å². The van der Waals surface area contributed by atoms with Gasteiger partial charge in [0.05, 0.1) is 0 Å². The summed E-state index contributed by atoms with van der Waals surface area (Å²) in [4.78, 5) is 23.9. The number of benzene rings is 2. The maximum Gasteiger partial charge on any atom is 0.267 e. The summed E-state index contributed by atoms with van der Waals surface area (Å²) in [6.45, 7) is 7.74. The predicted molar refractivity (Wildman–Crippen MR) is 108 cm³/mol. The zero-order valence-electron chi connectivity index (χ0n) is 16.0. The number of amides is 1. The third-order valence-corrected chi connectivity index (χ3v) is 4.00. The first-order valence-electron chi connectivity index (χ1n) is 8.61. The lowest BCUT2D eigenvalue weighted by Crippen LogP contribution is -2.16. The Hall–Kier alpha value is -3.39. The highest BCUT2D eigenvalue weighted by atomic mass is 16.1.